The third-order valence-corrected chi connectivity index (χ3v) is 4.75. The molecule has 0 unspecified atom stereocenters. The van der Waals surface area contributed by atoms with Crippen LogP contribution in [-0.4, -0.2) is 14.4 Å². The number of thiazole rings is 1. The Labute approximate surface area is 136 Å². The van der Waals surface area contributed by atoms with E-state index in [1.165, 1.54) is 10.3 Å². The molecule has 0 aliphatic heterocycles. The fourth-order valence-electron chi connectivity index (χ4n) is 2.41. The van der Waals surface area contributed by atoms with Crippen LogP contribution in [0.15, 0.2) is 42.6 Å². The minimum absolute atomic E-state index is 0.499. The van der Waals surface area contributed by atoms with Gasteiger partial charge in [-0.15, -0.1) is 11.3 Å². The van der Waals surface area contributed by atoms with Gasteiger partial charge in [0.1, 0.15) is 10.7 Å². The van der Waals surface area contributed by atoms with E-state index in [9.17, 15) is 0 Å². The topological polar surface area (TPSA) is 30.2 Å². The highest BCUT2D eigenvalue weighted by molar-refractivity contribution is 7.19. The van der Waals surface area contributed by atoms with Gasteiger partial charge in [0.05, 0.1) is 15.9 Å². The molecule has 0 fully saturated rings. The summed E-state index contributed by atoms with van der Waals surface area (Å²) in [7, 11) is 0. The van der Waals surface area contributed by atoms with Gasteiger partial charge in [0.25, 0.3) is 0 Å². The van der Waals surface area contributed by atoms with Crippen molar-refractivity contribution in [3.8, 4) is 0 Å². The van der Waals surface area contributed by atoms with Gasteiger partial charge in [-0.3, -0.25) is 4.40 Å². The van der Waals surface area contributed by atoms with E-state index in [-0.39, 0.29) is 0 Å². The number of hydrogen-bond donors (Lipinski definition) is 0. The first-order valence-corrected chi connectivity index (χ1v) is 8.08. The summed E-state index contributed by atoms with van der Waals surface area (Å²) in [6.07, 6.45) is 5.91. The monoisotopic (exact) mass is 325 g/mol. The molecular formula is C17H12ClN3S. The Balaban J connectivity index is 1.77. The zero-order chi connectivity index (χ0) is 15.1. The standard InChI is InChI=1S/C17H12ClN3S/c1-11-5-7-14-12(10-11)19-16(22-14)8-6-13-17(18)20-15-4-2-3-9-21(13)15/h2-10H,1H3/b8-6+. The summed E-state index contributed by atoms with van der Waals surface area (Å²) < 4.78 is 3.16. The molecule has 0 saturated carbocycles. The molecule has 0 amide bonds. The van der Waals surface area contributed by atoms with E-state index in [0.717, 1.165) is 21.9 Å². The zero-order valence-corrected chi connectivity index (χ0v) is 13.4. The molecule has 0 saturated heterocycles. The van der Waals surface area contributed by atoms with Crippen molar-refractivity contribution in [2.24, 2.45) is 0 Å². The number of pyridine rings is 1. The third kappa shape index (κ3) is 2.30. The van der Waals surface area contributed by atoms with Crippen LogP contribution in [0.5, 0.6) is 0 Å². The second-order valence-corrected chi connectivity index (χ2v) is 6.49. The number of fused-ring (bicyclic) bond motifs is 2. The fourth-order valence-corrected chi connectivity index (χ4v) is 3.50. The van der Waals surface area contributed by atoms with Gasteiger partial charge in [0.15, 0.2) is 5.15 Å². The van der Waals surface area contributed by atoms with Crippen molar-refractivity contribution in [3.63, 3.8) is 0 Å². The first kappa shape index (κ1) is 13.5. The normalized spacial score (nSPS) is 11.9. The van der Waals surface area contributed by atoms with Gasteiger partial charge in [0.2, 0.25) is 0 Å². The summed E-state index contributed by atoms with van der Waals surface area (Å²) in [6.45, 7) is 2.08. The van der Waals surface area contributed by atoms with Crippen molar-refractivity contribution in [2.75, 3.05) is 0 Å². The summed E-state index contributed by atoms with van der Waals surface area (Å²) in [5.41, 5.74) is 3.96. The van der Waals surface area contributed by atoms with Crippen LogP contribution in [0.2, 0.25) is 5.15 Å². The average Bonchev–Trinajstić information content (AvgIpc) is 3.04. The highest BCUT2D eigenvalue weighted by Gasteiger charge is 2.07. The Kier molecular flexibility index (Phi) is 3.21. The van der Waals surface area contributed by atoms with E-state index >= 15 is 0 Å². The lowest BCUT2D eigenvalue weighted by Crippen LogP contribution is -1.85. The molecule has 0 bridgehead atoms. The molecular weight excluding hydrogens is 314 g/mol. The lowest BCUT2D eigenvalue weighted by molar-refractivity contribution is 1.17. The average molecular weight is 326 g/mol. The molecule has 4 aromatic rings. The number of benzene rings is 1. The highest BCUT2D eigenvalue weighted by Crippen LogP contribution is 2.25. The van der Waals surface area contributed by atoms with Crippen molar-refractivity contribution >= 4 is 51.0 Å². The highest BCUT2D eigenvalue weighted by atomic mass is 35.5. The molecule has 0 atom stereocenters. The molecule has 3 nitrogen and oxygen atoms in total. The van der Waals surface area contributed by atoms with Gasteiger partial charge in [-0.05, 0) is 48.9 Å². The maximum absolute atomic E-state index is 6.23. The van der Waals surface area contributed by atoms with Crippen LogP contribution in [0, 0.1) is 6.92 Å². The van der Waals surface area contributed by atoms with Gasteiger partial charge >= 0.3 is 0 Å². The molecule has 22 heavy (non-hydrogen) atoms. The number of nitrogens with zero attached hydrogens (tertiary/aromatic N) is 3. The summed E-state index contributed by atoms with van der Waals surface area (Å²) in [4.78, 5) is 8.98. The van der Waals surface area contributed by atoms with Crippen LogP contribution in [0.3, 0.4) is 0 Å². The Bertz CT molecular complexity index is 1010. The molecule has 0 radical (unpaired) electrons. The van der Waals surface area contributed by atoms with E-state index in [2.05, 4.69) is 35.1 Å². The van der Waals surface area contributed by atoms with Gasteiger partial charge in [0, 0.05) is 6.20 Å². The van der Waals surface area contributed by atoms with Crippen LogP contribution in [0.25, 0.3) is 28.0 Å². The molecule has 0 aliphatic rings. The summed E-state index contributed by atoms with van der Waals surface area (Å²) >= 11 is 7.90. The lowest BCUT2D eigenvalue weighted by atomic mass is 10.2. The van der Waals surface area contributed by atoms with Crippen LogP contribution in [-0.2, 0) is 0 Å². The van der Waals surface area contributed by atoms with Gasteiger partial charge in [-0.25, -0.2) is 9.97 Å². The van der Waals surface area contributed by atoms with Crippen molar-refractivity contribution in [3.05, 3.63) is 64.0 Å². The summed E-state index contributed by atoms with van der Waals surface area (Å²) in [5.74, 6) is 0. The third-order valence-electron chi connectivity index (χ3n) is 3.47. The van der Waals surface area contributed by atoms with Crippen LogP contribution < -0.4 is 0 Å². The minimum atomic E-state index is 0.499. The van der Waals surface area contributed by atoms with E-state index in [1.54, 1.807) is 11.3 Å². The number of rotatable bonds is 2. The second-order valence-electron chi connectivity index (χ2n) is 5.07. The summed E-state index contributed by atoms with van der Waals surface area (Å²) in [5, 5.41) is 1.46. The van der Waals surface area contributed by atoms with Gasteiger partial charge < -0.3 is 0 Å². The van der Waals surface area contributed by atoms with E-state index in [1.807, 2.05) is 40.9 Å². The van der Waals surface area contributed by atoms with Crippen molar-refractivity contribution in [2.45, 2.75) is 6.92 Å². The SMILES string of the molecule is Cc1ccc2sc(/C=C/c3c(Cl)nc4ccccn34)nc2c1. The molecule has 1 aromatic carbocycles. The van der Waals surface area contributed by atoms with E-state index in [4.69, 9.17) is 11.6 Å². The first-order chi connectivity index (χ1) is 10.7. The lowest BCUT2D eigenvalue weighted by Gasteiger charge is -1.94. The zero-order valence-electron chi connectivity index (χ0n) is 11.8. The molecule has 3 aromatic heterocycles. The molecule has 3 heterocycles. The van der Waals surface area contributed by atoms with Crippen molar-refractivity contribution in [1.82, 2.24) is 14.4 Å². The van der Waals surface area contributed by atoms with Crippen LogP contribution in [0.1, 0.15) is 16.3 Å². The number of imidazole rings is 1. The fraction of sp³-hybridized carbons (Fsp3) is 0.0588. The van der Waals surface area contributed by atoms with Crippen molar-refractivity contribution in [1.29, 1.82) is 0 Å². The maximum Gasteiger partial charge on any atom is 0.155 e. The predicted octanol–water partition coefficient (Wildman–Crippen LogP) is 5.08. The molecule has 5 heteroatoms. The quantitative estimate of drug-likeness (QED) is 0.514. The molecule has 0 spiro atoms. The van der Waals surface area contributed by atoms with Crippen LogP contribution >= 0.6 is 22.9 Å². The van der Waals surface area contributed by atoms with E-state index < -0.39 is 0 Å². The number of hydrogen-bond acceptors (Lipinski definition) is 3. The maximum atomic E-state index is 6.23. The Morgan fingerprint density at radius 1 is 1.14 bits per heavy atom. The molecule has 0 aliphatic carbocycles. The smallest absolute Gasteiger partial charge is 0.155 e. The Morgan fingerprint density at radius 3 is 2.95 bits per heavy atom. The van der Waals surface area contributed by atoms with Gasteiger partial charge in [-0.2, -0.15) is 0 Å². The molecule has 0 N–H and O–H groups in total. The molecule has 4 rings (SSSR count). The first-order valence-electron chi connectivity index (χ1n) is 6.88. The minimum Gasteiger partial charge on any atom is -0.299 e. The number of halogens is 1. The van der Waals surface area contributed by atoms with Crippen molar-refractivity contribution < 1.29 is 0 Å². The van der Waals surface area contributed by atoms with Gasteiger partial charge in [-0.1, -0.05) is 23.7 Å². The number of aryl methyl sites for hydroxylation is 1. The Hall–Kier alpha value is -2.17. The largest absolute Gasteiger partial charge is 0.299 e. The second kappa shape index (κ2) is 5.23. The predicted molar refractivity (Wildman–Crippen MR) is 93.5 cm³/mol. The van der Waals surface area contributed by atoms with Crippen LogP contribution in [0.4, 0.5) is 0 Å². The molecule has 108 valence electrons. The summed E-state index contributed by atoms with van der Waals surface area (Å²) in [6, 6.07) is 12.2. The Morgan fingerprint density at radius 2 is 2.05 bits per heavy atom. The van der Waals surface area contributed by atoms with E-state index in [0.29, 0.717) is 5.15 Å². The number of aromatic nitrogens is 3.